The molecule has 2 N–H and O–H groups in total. The SMILES string of the molecule is O=C(CSc1nc2ccccc2c(=O)n1CCCO)NCCc1cccs1. The maximum atomic E-state index is 12.7. The lowest BCUT2D eigenvalue weighted by Crippen LogP contribution is -2.28. The molecule has 2 heterocycles. The van der Waals surface area contributed by atoms with Crippen LogP contribution in [0.3, 0.4) is 0 Å². The van der Waals surface area contributed by atoms with Crippen molar-refractivity contribution in [2.45, 2.75) is 24.5 Å². The number of fused-ring (bicyclic) bond motifs is 1. The number of nitrogens with zero attached hydrogens (tertiary/aromatic N) is 2. The number of para-hydroxylation sites is 1. The number of carbonyl (C=O) groups excluding carboxylic acids is 1. The summed E-state index contributed by atoms with van der Waals surface area (Å²) < 4.78 is 1.54. The van der Waals surface area contributed by atoms with Crippen LogP contribution in [0.1, 0.15) is 11.3 Å². The zero-order valence-electron chi connectivity index (χ0n) is 14.8. The summed E-state index contributed by atoms with van der Waals surface area (Å²) in [5, 5.41) is 15.1. The summed E-state index contributed by atoms with van der Waals surface area (Å²) in [7, 11) is 0. The minimum Gasteiger partial charge on any atom is -0.396 e. The van der Waals surface area contributed by atoms with Crippen molar-refractivity contribution in [3.8, 4) is 0 Å². The molecule has 1 amide bonds. The number of hydrogen-bond donors (Lipinski definition) is 2. The number of hydrogen-bond acceptors (Lipinski definition) is 6. The smallest absolute Gasteiger partial charge is 0.262 e. The van der Waals surface area contributed by atoms with Gasteiger partial charge in [0.05, 0.1) is 16.7 Å². The number of aromatic nitrogens is 2. The first-order valence-corrected chi connectivity index (χ1v) is 10.6. The van der Waals surface area contributed by atoms with Gasteiger partial charge >= 0.3 is 0 Å². The third-order valence-corrected chi connectivity index (χ3v) is 5.89. The van der Waals surface area contributed by atoms with Gasteiger partial charge < -0.3 is 10.4 Å². The molecule has 0 radical (unpaired) electrons. The maximum absolute atomic E-state index is 12.7. The molecule has 1 aromatic carbocycles. The summed E-state index contributed by atoms with van der Waals surface area (Å²) in [4.78, 5) is 30.6. The van der Waals surface area contributed by atoms with Crippen LogP contribution < -0.4 is 10.9 Å². The van der Waals surface area contributed by atoms with Gasteiger partial charge in [-0.3, -0.25) is 14.2 Å². The highest BCUT2D eigenvalue weighted by atomic mass is 32.2. The number of thiophene rings is 1. The van der Waals surface area contributed by atoms with Crippen molar-refractivity contribution in [2.75, 3.05) is 18.9 Å². The minimum absolute atomic E-state index is 0.00736. The highest BCUT2D eigenvalue weighted by molar-refractivity contribution is 7.99. The average molecular weight is 404 g/mol. The van der Waals surface area contributed by atoms with E-state index >= 15 is 0 Å². The zero-order valence-corrected chi connectivity index (χ0v) is 16.4. The van der Waals surface area contributed by atoms with Gasteiger partial charge in [-0.15, -0.1) is 11.3 Å². The molecule has 0 saturated carbocycles. The van der Waals surface area contributed by atoms with E-state index in [1.54, 1.807) is 34.1 Å². The quantitative estimate of drug-likeness (QED) is 0.423. The monoisotopic (exact) mass is 403 g/mol. The van der Waals surface area contributed by atoms with Crippen molar-refractivity contribution >= 4 is 39.9 Å². The Balaban J connectivity index is 1.67. The second-order valence-corrected chi connectivity index (χ2v) is 7.89. The number of benzene rings is 1. The van der Waals surface area contributed by atoms with Crippen molar-refractivity contribution in [3.63, 3.8) is 0 Å². The fraction of sp³-hybridized carbons (Fsp3) is 0.316. The van der Waals surface area contributed by atoms with Gasteiger partial charge in [0.15, 0.2) is 5.16 Å². The summed E-state index contributed by atoms with van der Waals surface area (Å²) in [5.41, 5.74) is 0.470. The zero-order chi connectivity index (χ0) is 19.1. The third-order valence-electron chi connectivity index (χ3n) is 3.97. The lowest BCUT2D eigenvalue weighted by atomic mass is 10.2. The van der Waals surface area contributed by atoms with Crippen LogP contribution in [-0.4, -0.2) is 39.5 Å². The van der Waals surface area contributed by atoms with Crippen LogP contribution in [0.5, 0.6) is 0 Å². The molecule has 0 saturated heterocycles. The maximum Gasteiger partial charge on any atom is 0.262 e. The summed E-state index contributed by atoms with van der Waals surface area (Å²) >= 11 is 2.92. The van der Waals surface area contributed by atoms with E-state index in [0.717, 1.165) is 6.42 Å². The first-order chi connectivity index (χ1) is 13.2. The molecule has 0 unspecified atom stereocenters. The standard InChI is InChI=1S/C19H21N3O3S2/c23-11-4-10-22-18(25)15-6-1-2-7-16(15)21-19(22)27-13-17(24)20-9-8-14-5-3-12-26-14/h1-3,5-7,12,23H,4,8-11,13H2,(H,20,24). The van der Waals surface area contributed by atoms with Crippen LogP contribution in [0.4, 0.5) is 0 Å². The fourth-order valence-electron chi connectivity index (χ4n) is 2.64. The molecule has 0 fully saturated rings. The molecule has 0 aliphatic rings. The van der Waals surface area contributed by atoms with Gasteiger partial charge in [-0.2, -0.15) is 0 Å². The van der Waals surface area contributed by atoms with Crippen LogP contribution in [0, 0.1) is 0 Å². The Labute approximate surface area is 165 Å². The Bertz CT molecular complexity index is 954. The Morgan fingerprint density at radius 2 is 2.11 bits per heavy atom. The molecular weight excluding hydrogens is 382 g/mol. The van der Waals surface area contributed by atoms with Crippen molar-refractivity contribution in [2.24, 2.45) is 0 Å². The molecule has 142 valence electrons. The molecule has 6 nitrogen and oxygen atoms in total. The number of rotatable bonds is 9. The van der Waals surface area contributed by atoms with Crippen LogP contribution >= 0.6 is 23.1 Å². The van der Waals surface area contributed by atoms with E-state index < -0.39 is 0 Å². The van der Waals surface area contributed by atoms with Gasteiger partial charge in [0.2, 0.25) is 5.91 Å². The van der Waals surface area contributed by atoms with Crippen molar-refractivity contribution < 1.29 is 9.90 Å². The Morgan fingerprint density at radius 3 is 2.89 bits per heavy atom. The van der Waals surface area contributed by atoms with Gasteiger partial charge in [0.25, 0.3) is 5.56 Å². The summed E-state index contributed by atoms with van der Waals surface area (Å²) in [6.45, 7) is 0.949. The first-order valence-electron chi connectivity index (χ1n) is 8.71. The van der Waals surface area contributed by atoms with Gasteiger partial charge in [-0.05, 0) is 36.4 Å². The second kappa shape index (κ2) is 9.68. The summed E-state index contributed by atoms with van der Waals surface area (Å²) in [5.74, 6) is 0.0987. The molecule has 0 spiro atoms. The molecule has 0 aliphatic heterocycles. The van der Waals surface area contributed by atoms with Crippen LogP contribution in [0.2, 0.25) is 0 Å². The highest BCUT2D eigenvalue weighted by Crippen LogP contribution is 2.18. The van der Waals surface area contributed by atoms with Gasteiger partial charge in [0, 0.05) is 24.6 Å². The lowest BCUT2D eigenvalue weighted by Gasteiger charge is -2.12. The lowest BCUT2D eigenvalue weighted by molar-refractivity contribution is -0.118. The van der Waals surface area contributed by atoms with E-state index in [1.807, 2.05) is 23.6 Å². The van der Waals surface area contributed by atoms with Crippen LogP contribution in [-0.2, 0) is 17.8 Å². The van der Waals surface area contributed by atoms with Gasteiger partial charge in [0.1, 0.15) is 0 Å². The van der Waals surface area contributed by atoms with E-state index in [0.29, 0.717) is 35.6 Å². The molecule has 3 rings (SSSR count). The molecule has 0 aliphatic carbocycles. The Hall–Kier alpha value is -2.16. The van der Waals surface area contributed by atoms with Crippen molar-refractivity contribution in [3.05, 3.63) is 57.0 Å². The topological polar surface area (TPSA) is 84.2 Å². The number of nitrogens with one attached hydrogen (secondary N) is 1. The van der Waals surface area contributed by atoms with Crippen molar-refractivity contribution in [1.82, 2.24) is 14.9 Å². The fourth-order valence-corrected chi connectivity index (χ4v) is 4.21. The molecule has 0 bridgehead atoms. The normalized spacial score (nSPS) is 11.0. The molecule has 0 atom stereocenters. The number of carbonyl (C=O) groups is 1. The van der Waals surface area contributed by atoms with E-state index in [2.05, 4.69) is 10.3 Å². The molecule has 27 heavy (non-hydrogen) atoms. The Morgan fingerprint density at radius 1 is 1.26 bits per heavy atom. The van der Waals surface area contributed by atoms with Crippen LogP contribution in [0.25, 0.3) is 10.9 Å². The van der Waals surface area contributed by atoms with Crippen molar-refractivity contribution in [1.29, 1.82) is 0 Å². The summed E-state index contributed by atoms with van der Waals surface area (Å²) in [6, 6.07) is 11.2. The Kier molecular flexibility index (Phi) is 7.03. The number of amides is 1. The molecule has 8 heteroatoms. The molecular formula is C19H21N3O3S2. The van der Waals surface area contributed by atoms with E-state index in [-0.39, 0.29) is 23.8 Å². The predicted molar refractivity (Wildman–Crippen MR) is 109 cm³/mol. The van der Waals surface area contributed by atoms with Crippen LogP contribution in [0.15, 0.2) is 51.7 Å². The largest absolute Gasteiger partial charge is 0.396 e. The number of aliphatic hydroxyl groups excluding tert-OH is 1. The minimum atomic E-state index is -0.144. The van der Waals surface area contributed by atoms with Gasteiger partial charge in [-0.1, -0.05) is 30.0 Å². The first kappa shape index (κ1) is 19.6. The highest BCUT2D eigenvalue weighted by Gasteiger charge is 2.13. The molecule has 3 aromatic rings. The van der Waals surface area contributed by atoms with E-state index in [1.165, 1.54) is 16.6 Å². The molecule has 2 aromatic heterocycles. The average Bonchev–Trinajstić information content (AvgIpc) is 3.19. The second-order valence-electron chi connectivity index (χ2n) is 5.91. The summed E-state index contributed by atoms with van der Waals surface area (Å²) in [6.07, 6.45) is 1.27. The predicted octanol–water partition coefficient (Wildman–Crippen LogP) is 2.29. The third kappa shape index (κ3) is 5.18. The van der Waals surface area contributed by atoms with E-state index in [4.69, 9.17) is 5.11 Å². The number of aliphatic hydroxyl groups is 1. The van der Waals surface area contributed by atoms with E-state index in [9.17, 15) is 9.59 Å². The van der Waals surface area contributed by atoms with Gasteiger partial charge in [-0.25, -0.2) is 4.98 Å². The number of thioether (sulfide) groups is 1.